The van der Waals surface area contributed by atoms with Crippen molar-refractivity contribution in [3.05, 3.63) is 5.28 Å². The van der Waals surface area contributed by atoms with Crippen molar-refractivity contribution in [3.8, 4) is 0 Å². The van der Waals surface area contributed by atoms with Gasteiger partial charge >= 0.3 is 0 Å². The molecule has 104 valence electrons. The molecule has 2 fully saturated rings. The third-order valence-electron chi connectivity index (χ3n) is 4.06. The maximum Gasteiger partial charge on any atom is 0.231 e. The number of piperazine rings is 1. The van der Waals surface area contributed by atoms with E-state index in [1.807, 2.05) is 0 Å². The van der Waals surface area contributed by atoms with Gasteiger partial charge in [-0.3, -0.25) is 4.90 Å². The topological polar surface area (TPSA) is 71.2 Å². The molecule has 0 spiro atoms. The van der Waals surface area contributed by atoms with E-state index in [1.54, 1.807) is 0 Å². The molecule has 0 aromatic carbocycles. The Kier molecular flexibility index (Phi) is 3.45. The molecule has 1 aromatic heterocycles. The number of aromatic nitrogens is 3. The standard InChI is InChI=1S/C12H19ClN6/c1-8-6-18-5-3-2-4-9(18)7-19(8)12-16-10(13)15-11(14)17-12/h8-9H,2-7H2,1H3,(H2,14,15,16,17). The van der Waals surface area contributed by atoms with Gasteiger partial charge in [-0.1, -0.05) is 6.42 Å². The zero-order valence-electron chi connectivity index (χ0n) is 11.1. The Morgan fingerprint density at radius 1 is 1.21 bits per heavy atom. The molecule has 6 nitrogen and oxygen atoms in total. The molecule has 2 aliphatic rings. The molecule has 2 N–H and O–H groups in total. The number of nitrogens with two attached hydrogens (primary N) is 1. The Balaban J connectivity index is 1.83. The summed E-state index contributed by atoms with van der Waals surface area (Å²) in [5.41, 5.74) is 5.66. The summed E-state index contributed by atoms with van der Waals surface area (Å²) in [6.45, 7) is 5.40. The average molecular weight is 283 g/mol. The Hall–Kier alpha value is -1.14. The first-order valence-electron chi connectivity index (χ1n) is 6.81. The first-order chi connectivity index (χ1) is 9.13. The molecular weight excluding hydrogens is 264 g/mol. The highest BCUT2D eigenvalue weighted by molar-refractivity contribution is 6.28. The van der Waals surface area contributed by atoms with E-state index in [1.165, 1.54) is 25.8 Å². The smallest absolute Gasteiger partial charge is 0.231 e. The molecule has 7 heteroatoms. The fourth-order valence-electron chi connectivity index (χ4n) is 3.11. The van der Waals surface area contributed by atoms with Crippen molar-refractivity contribution in [1.29, 1.82) is 0 Å². The van der Waals surface area contributed by atoms with Gasteiger partial charge in [0.25, 0.3) is 0 Å². The molecule has 0 radical (unpaired) electrons. The summed E-state index contributed by atoms with van der Waals surface area (Å²) in [5, 5.41) is 0.167. The van der Waals surface area contributed by atoms with Crippen molar-refractivity contribution in [2.75, 3.05) is 30.3 Å². The molecule has 2 aliphatic heterocycles. The van der Waals surface area contributed by atoms with E-state index in [-0.39, 0.29) is 11.2 Å². The summed E-state index contributed by atoms with van der Waals surface area (Å²) in [7, 11) is 0. The second-order valence-corrected chi connectivity index (χ2v) is 5.75. The van der Waals surface area contributed by atoms with E-state index in [0.29, 0.717) is 18.0 Å². The lowest BCUT2D eigenvalue weighted by Gasteiger charge is -2.47. The molecule has 1 aromatic rings. The number of anilines is 2. The molecule has 3 rings (SSSR count). The van der Waals surface area contributed by atoms with Crippen LogP contribution in [-0.2, 0) is 0 Å². The molecule has 3 heterocycles. The molecule has 0 bridgehead atoms. The summed E-state index contributed by atoms with van der Waals surface area (Å²) in [4.78, 5) is 17.0. The fourth-order valence-corrected chi connectivity index (χ4v) is 3.28. The number of nitrogens with zero attached hydrogens (tertiary/aromatic N) is 5. The van der Waals surface area contributed by atoms with Gasteiger partial charge in [-0.05, 0) is 37.9 Å². The molecule has 2 atom stereocenters. The normalized spacial score (nSPS) is 28.2. The summed E-state index contributed by atoms with van der Waals surface area (Å²) in [6.07, 6.45) is 3.87. The van der Waals surface area contributed by atoms with E-state index in [4.69, 9.17) is 17.3 Å². The van der Waals surface area contributed by atoms with Crippen molar-refractivity contribution in [2.24, 2.45) is 0 Å². The van der Waals surface area contributed by atoms with Crippen LogP contribution in [0, 0.1) is 0 Å². The van der Waals surface area contributed by atoms with Crippen LogP contribution in [0.2, 0.25) is 5.28 Å². The lowest BCUT2D eigenvalue weighted by Crippen LogP contribution is -2.59. The predicted molar refractivity (Wildman–Crippen MR) is 75.3 cm³/mol. The minimum Gasteiger partial charge on any atom is -0.368 e. The molecular formula is C12H19ClN6. The molecule has 0 saturated carbocycles. The number of hydrogen-bond donors (Lipinski definition) is 1. The number of hydrogen-bond acceptors (Lipinski definition) is 6. The van der Waals surface area contributed by atoms with E-state index >= 15 is 0 Å². The van der Waals surface area contributed by atoms with Crippen molar-refractivity contribution in [1.82, 2.24) is 19.9 Å². The maximum absolute atomic E-state index is 5.88. The fraction of sp³-hybridized carbons (Fsp3) is 0.750. The minimum absolute atomic E-state index is 0.167. The second-order valence-electron chi connectivity index (χ2n) is 5.41. The number of nitrogen functional groups attached to an aromatic ring is 1. The average Bonchev–Trinajstić information content (AvgIpc) is 2.36. The lowest BCUT2D eigenvalue weighted by molar-refractivity contribution is 0.115. The van der Waals surface area contributed by atoms with Gasteiger partial charge in [-0.15, -0.1) is 0 Å². The first kappa shape index (κ1) is 12.9. The zero-order valence-corrected chi connectivity index (χ0v) is 11.8. The molecule has 2 unspecified atom stereocenters. The van der Waals surface area contributed by atoms with Gasteiger partial charge in [0, 0.05) is 25.2 Å². The van der Waals surface area contributed by atoms with Crippen molar-refractivity contribution < 1.29 is 0 Å². The van der Waals surface area contributed by atoms with Crippen LogP contribution < -0.4 is 10.6 Å². The Morgan fingerprint density at radius 3 is 2.84 bits per heavy atom. The van der Waals surface area contributed by atoms with Gasteiger partial charge in [-0.25, -0.2) is 0 Å². The SMILES string of the molecule is CC1CN2CCCCC2CN1c1nc(N)nc(Cl)n1. The van der Waals surface area contributed by atoms with Gasteiger partial charge in [-0.2, -0.15) is 15.0 Å². The summed E-state index contributed by atoms with van der Waals surface area (Å²) in [5.74, 6) is 0.795. The molecule has 2 saturated heterocycles. The van der Waals surface area contributed by atoms with Crippen LogP contribution in [0.25, 0.3) is 0 Å². The van der Waals surface area contributed by atoms with Crippen molar-refractivity contribution in [2.45, 2.75) is 38.3 Å². The van der Waals surface area contributed by atoms with E-state index in [0.717, 1.165) is 13.1 Å². The number of fused-ring (bicyclic) bond motifs is 1. The minimum atomic E-state index is 0.167. The number of piperidine rings is 1. The lowest BCUT2D eigenvalue weighted by atomic mass is 9.97. The number of halogens is 1. The predicted octanol–water partition coefficient (Wildman–Crippen LogP) is 1.17. The van der Waals surface area contributed by atoms with Gasteiger partial charge in [0.15, 0.2) is 0 Å². The summed E-state index contributed by atoms with van der Waals surface area (Å²) in [6, 6.07) is 0.967. The number of rotatable bonds is 1. The monoisotopic (exact) mass is 282 g/mol. The second kappa shape index (κ2) is 5.09. The highest BCUT2D eigenvalue weighted by atomic mass is 35.5. The van der Waals surface area contributed by atoms with Crippen molar-refractivity contribution in [3.63, 3.8) is 0 Å². The van der Waals surface area contributed by atoms with Crippen LogP contribution in [0.1, 0.15) is 26.2 Å². The highest BCUT2D eigenvalue weighted by Crippen LogP contribution is 2.26. The van der Waals surface area contributed by atoms with E-state index < -0.39 is 0 Å². The van der Waals surface area contributed by atoms with Crippen LogP contribution in [0.5, 0.6) is 0 Å². The first-order valence-corrected chi connectivity index (χ1v) is 7.19. The van der Waals surface area contributed by atoms with Gasteiger partial charge in [0.05, 0.1) is 0 Å². The van der Waals surface area contributed by atoms with Crippen LogP contribution in [-0.4, -0.2) is 51.6 Å². The van der Waals surface area contributed by atoms with E-state index in [9.17, 15) is 0 Å². The maximum atomic E-state index is 5.88. The largest absolute Gasteiger partial charge is 0.368 e. The Labute approximate surface area is 118 Å². The highest BCUT2D eigenvalue weighted by Gasteiger charge is 2.34. The van der Waals surface area contributed by atoms with Crippen LogP contribution >= 0.6 is 11.6 Å². The quantitative estimate of drug-likeness (QED) is 0.834. The van der Waals surface area contributed by atoms with Crippen LogP contribution in [0.15, 0.2) is 0 Å². The summed E-state index contributed by atoms with van der Waals surface area (Å²) >= 11 is 5.88. The van der Waals surface area contributed by atoms with Crippen molar-refractivity contribution >= 4 is 23.5 Å². The van der Waals surface area contributed by atoms with E-state index in [2.05, 4.69) is 31.7 Å². The third kappa shape index (κ3) is 2.60. The molecule has 0 amide bonds. The zero-order chi connectivity index (χ0) is 13.4. The molecule has 0 aliphatic carbocycles. The summed E-state index contributed by atoms with van der Waals surface area (Å²) < 4.78 is 0. The Bertz CT molecular complexity index is 447. The van der Waals surface area contributed by atoms with Crippen LogP contribution in [0.4, 0.5) is 11.9 Å². The Morgan fingerprint density at radius 2 is 2.05 bits per heavy atom. The van der Waals surface area contributed by atoms with Gasteiger partial charge in [0.1, 0.15) is 0 Å². The van der Waals surface area contributed by atoms with Gasteiger partial charge < -0.3 is 10.6 Å². The van der Waals surface area contributed by atoms with Crippen LogP contribution in [0.3, 0.4) is 0 Å². The van der Waals surface area contributed by atoms with Gasteiger partial charge in [0.2, 0.25) is 17.2 Å². The molecule has 19 heavy (non-hydrogen) atoms. The third-order valence-corrected chi connectivity index (χ3v) is 4.23.